The molecule has 0 saturated carbocycles. The molecule has 0 fully saturated rings. The van der Waals surface area contributed by atoms with Crippen molar-refractivity contribution in [2.24, 2.45) is 5.92 Å². The molecular formula is C9H20NO. The molecule has 0 aliphatic heterocycles. The van der Waals surface area contributed by atoms with Crippen LogP contribution in [0.4, 0.5) is 0 Å². The van der Waals surface area contributed by atoms with Crippen LogP contribution in [0, 0.1) is 5.92 Å². The van der Waals surface area contributed by atoms with E-state index in [0.29, 0.717) is 12.5 Å². The molecule has 0 aliphatic rings. The van der Waals surface area contributed by atoms with Crippen LogP contribution in [0.3, 0.4) is 0 Å². The van der Waals surface area contributed by atoms with Crippen LogP contribution in [0.25, 0.3) is 0 Å². The fourth-order valence-corrected chi connectivity index (χ4v) is 1.26. The van der Waals surface area contributed by atoms with Crippen molar-refractivity contribution in [1.82, 2.24) is 4.90 Å². The average molecular weight is 158 g/mol. The minimum absolute atomic E-state index is 0.0344. The molecule has 67 valence electrons. The van der Waals surface area contributed by atoms with Crippen molar-refractivity contribution in [3.05, 3.63) is 0 Å². The van der Waals surface area contributed by atoms with Gasteiger partial charge in [-0.05, 0) is 18.9 Å². The molecule has 0 aromatic carbocycles. The van der Waals surface area contributed by atoms with Gasteiger partial charge in [0.05, 0.1) is 6.61 Å². The third kappa shape index (κ3) is 6.32. The first-order chi connectivity index (χ1) is 5.20. The summed E-state index contributed by atoms with van der Waals surface area (Å²) in [6, 6.07) is 0. The molecule has 0 spiro atoms. The first kappa shape index (κ1) is 10.9. The maximum absolute atomic E-state index is 10.4. The van der Waals surface area contributed by atoms with Crippen LogP contribution < -0.4 is 0 Å². The highest BCUT2D eigenvalue weighted by molar-refractivity contribution is 4.58. The van der Waals surface area contributed by atoms with Crippen LogP contribution >= 0.6 is 0 Å². The van der Waals surface area contributed by atoms with Crippen molar-refractivity contribution in [2.75, 3.05) is 26.2 Å². The van der Waals surface area contributed by atoms with E-state index >= 15 is 0 Å². The molecule has 0 aromatic heterocycles. The van der Waals surface area contributed by atoms with Gasteiger partial charge in [0.15, 0.2) is 0 Å². The summed E-state index contributed by atoms with van der Waals surface area (Å²) in [5.74, 6) is 0.674. The van der Waals surface area contributed by atoms with Crippen molar-refractivity contribution >= 4 is 0 Å². The van der Waals surface area contributed by atoms with Crippen molar-refractivity contribution in [2.45, 2.75) is 27.2 Å². The fourth-order valence-electron chi connectivity index (χ4n) is 1.26. The number of rotatable bonds is 6. The summed E-state index contributed by atoms with van der Waals surface area (Å²) < 4.78 is 0. The highest BCUT2D eigenvalue weighted by Gasteiger charge is 2.04. The minimum Gasteiger partial charge on any atom is -0.301 e. The average Bonchev–Trinajstić information content (AvgIpc) is 1.87. The van der Waals surface area contributed by atoms with Gasteiger partial charge in [-0.1, -0.05) is 20.8 Å². The number of hydrogen-bond acceptors (Lipinski definition) is 1. The molecular weight excluding hydrogens is 138 g/mol. The Morgan fingerprint density at radius 1 is 1.27 bits per heavy atom. The molecule has 0 N–H and O–H groups in total. The lowest BCUT2D eigenvalue weighted by atomic mass is 10.2. The van der Waals surface area contributed by atoms with Crippen LogP contribution in [-0.2, 0) is 5.11 Å². The van der Waals surface area contributed by atoms with Gasteiger partial charge in [-0.25, -0.2) is 5.11 Å². The van der Waals surface area contributed by atoms with Crippen LogP contribution in [0.2, 0.25) is 0 Å². The van der Waals surface area contributed by atoms with Crippen LogP contribution in [-0.4, -0.2) is 31.1 Å². The molecule has 0 atom stereocenters. The molecule has 0 aliphatic carbocycles. The maximum atomic E-state index is 10.4. The minimum atomic E-state index is 0.0344. The largest absolute Gasteiger partial charge is 0.301 e. The number of hydrogen-bond donors (Lipinski definition) is 0. The molecule has 1 radical (unpaired) electrons. The molecule has 2 nitrogen and oxygen atoms in total. The van der Waals surface area contributed by atoms with Crippen molar-refractivity contribution < 1.29 is 5.11 Å². The summed E-state index contributed by atoms with van der Waals surface area (Å²) in [7, 11) is 0. The van der Waals surface area contributed by atoms with Crippen LogP contribution in [0.15, 0.2) is 0 Å². The van der Waals surface area contributed by atoms with E-state index in [4.69, 9.17) is 0 Å². The van der Waals surface area contributed by atoms with Gasteiger partial charge >= 0.3 is 0 Å². The molecule has 0 rings (SSSR count). The molecule has 0 aromatic rings. The van der Waals surface area contributed by atoms with E-state index in [1.54, 1.807) is 0 Å². The van der Waals surface area contributed by atoms with Crippen molar-refractivity contribution in [1.29, 1.82) is 0 Å². The summed E-state index contributed by atoms with van der Waals surface area (Å²) in [5, 5.41) is 10.4. The highest BCUT2D eigenvalue weighted by Crippen LogP contribution is 1.98. The van der Waals surface area contributed by atoms with E-state index < -0.39 is 0 Å². The molecule has 0 unspecified atom stereocenters. The third-order valence-corrected chi connectivity index (χ3v) is 1.57. The van der Waals surface area contributed by atoms with E-state index in [9.17, 15) is 5.11 Å². The van der Waals surface area contributed by atoms with E-state index in [2.05, 4.69) is 25.7 Å². The fraction of sp³-hybridized carbons (Fsp3) is 1.00. The normalized spacial score (nSPS) is 11.5. The van der Waals surface area contributed by atoms with E-state index in [-0.39, 0.29) is 6.61 Å². The van der Waals surface area contributed by atoms with Gasteiger partial charge in [0.25, 0.3) is 0 Å². The third-order valence-electron chi connectivity index (χ3n) is 1.57. The Bertz CT molecular complexity index is 77.6. The van der Waals surface area contributed by atoms with E-state index in [1.165, 1.54) is 0 Å². The van der Waals surface area contributed by atoms with E-state index in [0.717, 1.165) is 19.5 Å². The molecule has 0 amide bonds. The summed E-state index contributed by atoms with van der Waals surface area (Å²) in [6.07, 6.45) is 1.15. The zero-order chi connectivity index (χ0) is 8.69. The second-order valence-corrected chi connectivity index (χ2v) is 3.40. The summed E-state index contributed by atoms with van der Waals surface area (Å²) in [6.45, 7) is 9.41. The Hall–Kier alpha value is -0.0800. The van der Waals surface area contributed by atoms with Gasteiger partial charge in [-0.2, -0.15) is 0 Å². The standard InChI is InChI=1S/C9H20NO/c1-4-5-10(6-7-11)8-9(2)3/h9H,4-8H2,1-3H3. The Morgan fingerprint density at radius 2 is 1.91 bits per heavy atom. The summed E-state index contributed by atoms with van der Waals surface area (Å²) >= 11 is 0. The van der Waals surface area contributed by atoms with Gasteiger partial charge in [-0.3, -0.25) is 0 Å². The van der Waals surface area contributed by atoms with Gasteiger partial charge < -0.3 is 4.90 Å². The Labute approximate surface area is 70.2 Å². The van der Waals surface area contributed by atoms with Gasteiger partial charge in [0.2, 0.25) is 0 Å². The molecule has 0 saturated heterocycles. The smallest absolute Gasteiger partial charge is 0.0949 e. The van der Waals surface area contributed by atoms with Gasteiger partial charge in [0, 0.05) is 13.1 Å². The van der Waals surface area contributed by atoms with Gasteiger partial charge in [0.1, 0.15) is 0 Å². The van der Waals surface area contributed by atoms with Crippen LogP contribution in [0.5, 0.6) is 0 Å². The maximum Gasteiger partial charge on any atom is 0.0949 e. The lowest BCUT2D eigenvalue weighted by Crippen LogP contribution is -2.30. The molecule has 2 heteroatoms. The monoisotopic (exact) mass is 158 g/mol. The Morgan fingerprint density at radius 3 is 2.27 bits per heavy atom. The number of nitrogens with zero attached hydrogens (tertiary/aromatic N) is 1. The molecule has 0 bridgehead atoms. The first-order valence-electron chi connectivity index (χ1n) is 4.51. The van der Waals surface area contributed by atoms with Gasteiger partial charge in [-0.15, -0.1) is 0 Å². The predicted molar refractivity (Wildman–Crippen MR) is 47.1 cm³/mol. The molecule has 11 heavy (non-hydrogen) atoms. The summed E-state index contributed by atoms with van der Waals surface area (Å²) in [5.41, 5.74) is 0. The zero-order valence-electron chi connectivity index (χ0n) is 7.97. The zero-order valence-corrected chi connectivity index (χ0v) is 7.97. The molecule has 0 heterocycles. The Kier molecular flexibility index (Phi) is 6.57. The lowest BCUT2D eigenvalue weighted by Gasteiger charge is -2.21. The lowest BCUT2D eigenvalue weighted by molar-refractivity contribution is 0.133. The van der Waals surface area contributed by atoms with E-state index in [1.807, 2.05) is 0 Å². The Balaban J connectivity index is 3.50. The first-order valence-corrected chi connectivity index (χ1v) is 4.51. The predicted octanol–water partition coefficient (Wildman–Crippen LogP) is 1.78. The topological polar surface area (TPSA) is 23.1 Å². The second-order valence-electron chi connectivity index (χ2n) is 3.40. The second kappa shape index (κ2) is 6.62. The SMILES string of the molecule is CCCN(CC[O])CC(C)C. The van der Waals surface area contributed by atoms with Crippen LogP contribution in [0.1, 0.15) is 27.2 Å². The van der Waals surface area contributed by atoms with Crippen molar-refractivity contribution in [3.8, 4) is 0 Å². The highest BCUT2D eigenvalue weighted by atomic mass is 16.3. The van der Waals surface area contributed by atoms with Crippen molar-refractivity contribution in [3.63, 3.8) is 0 Å². The summed E-state index contributed by atoms with van der Waals surface area (Å²) in [4.78, 5) is 2.25. The quantitative estimate of drug-likeness (QED) is 0.578.